The number of hydrogen-bond donors (Lipinski definition) is 1. The Balaban J connectivity index is 0.00000176. The van der Waals surface area contributed by atoms with Gasteiger partial charge in [-0.3, -0.25) is 0 Å². The minimum absolute atomic E-state index is 0. The Morgan fingerprint density at radius 1 is 1.05 bits per heavy atom. The fourth-order valence-electron chi connectivity index (χ4n) is 1.81. The topological polar surface area (TPSA) is 24.9 Å². The van der Waals surface area contributed by atoms with E-state index in [-0.39, 0.29) is 18.0 Å². The molecule has 7 heteroatoms. The number of thiazole rings is 1. The summed E-state index contributed by atoms with van der Waals surface area (Å²) >= 11 is 4.73. The van der Waals surface area contributed by atoms with E-state index in [1.165, 1.54) is 23.5 Å². The van der Waals surface area contributed by atoms with E-state index in [2.05, 4.69) is 26.2 Å². The second-order valence-electron chi connectivity index (χ2n) is 4.29. The fourth-order valence-corrected chi connectivity index (χ4v) is 2.80. The Hall–Kier alpha value is -1.50. The van der Waals surface area contributed by atoms with Crippen molar-refractivity contribution < 1.29 is 8.78 Å². The predicted octanol–water partition coefficient (Wildman–Crippen LogP) is 6.02. The van der Waals surface area contributed by atoms with Crippen molar-refractivity contribution in [1.29, 1.82) is 0 Å². The Morgan fingerprint density at radius 3 is 2.45 bits per heavy atom. The molecule has 0 amide bonds. The van der Waals surface area contributed by atoms with Gasteiger partial charge < -0.3 is 5.32 Å². The number of aromatic nitrogens is 1. The number of anilines is 2. The molecule has 22 heavy (non-hydrogen) atoms. The van der Waals surface area contributed by atoms with Crippen molar-refractivity contribution in [1.82, 2.24) is 4.98 Å². The van der Waals surface area contributed by atoms with Crippen molar-refractivity contribution >= 4 is 50.5 Å². The summed E-state index contributed by atoms with van der Waals surface area (Å²) < 4.78 is 27.6. The van der Waals surface area contributed by atoms with Crippen LogP contribution in [0.2, 0.25) is 0 Å². The summed E-state index contributed by atoms with van der Waals surface area (Å²) in [6.07, 6.45) is 0. The van der Waals surface area contributed by atoms with Gasteiger partial charge in [0.25, 0.3) is 0 Å². The maximum Gasteiger partial charge on any atom is 0.187 e. The molecule has 3 aromatic rings. The highest BCUT2D eigenvalue weighted by molar-refractivity contribution is 9.10. The normalized spacial score (nSPS) is 10.1. The van der Waals surface area contributed by atoms with Crippen LogP contribution in [0.5, 0.6) is 0 Å². The molecule has 2 aromatic carbocycles. The molecule has 0 radical (unpaired) electrons. The molecular formula is C15H10BrClF2N2S. The maximum absolute atomic E-state index is 13.7. The predicted molar refractivity (Wildman–Crippen MR) is 92.1 cm³/mol. The van der Waals surface area contributed by atoms with Gasteiger partial charge in [-0.2, -0.15) is 0 Å². The zero-order valence-electron chi connectivity index (χ0n) is 11.0. The lowest BCUT2D eigenvalue weighted by Crippen LogP contribution is -1.90. The Labute approximate surface area is 144 Å². The molecule has 1 aromatic heterocycles. The van der Waals surface area contributed by atoms with Gasteiger partial charge in [-0.15, -0.1) is 23.7 Å². The first kappa shape index (κ1) is 16.9. The summed E-state index contributed by atoms with van der Waals surface area (Å²) in [5.41, 5.74) is 1.66. The molecule has 0 aliphatic carbocycles. The van der Waals surface area contributed by atoms with Crippen LogP contribution in [-0.2, 0) is 0 Å². The first-order chi connectivity index (χ1) is 10.1. The average molecular weight is 404 g/mol. The van der Waals surface area contributed by atoms with Crippen LogP contribution in [0.4, 0.5) is 19.6 Å². The van der Waals surface area contributed by atoms with Gasteiger partial charge in [0.15, 0.2) is 5.13 Å². The number of halogens is 4. The number of benzene rings is 2. The molecule has 3 rings (SSSR count). The van der Waals surface area contributed by atoms with E-state index < -0.39 is 11.6 Å². The molecule has 0 unspecified atom stereocenters. The molecule has 0 saturated heterocycles. The summed E-state index contributed by atoms with van der Waals surface area (Å²) in [4.78, 5) is 4.32. The van der Waals surface area contributed by atoms with Crippen molar-refractivity contribution in [3.05, 3.63) is 64.0 Å². The van der Waals surface area contributed by atoms with Gasteiger partial charge in [0.2, 0.25) is 0 Å². The minimum atomic E-state index is -0.615. The molecule has 2 nitrogen and oxygen atoms in total. The van der Waals surface area contributed by atoms with E-state index in [0.29, 0.717) is 10.8 Å². The third-order valence-corrected chi connectivity index (χ3v) is 4.09. The van der Waals surface area contributed by atoms with Crippen molar-refractivity contribution in [2.24, 2.45) is 0 Å². The third kappa shape index (κ3) is 3.82. The second kappa shape index (κ2) is 7.17. The molecule has 0 spiro atoms. The van der Waals surface area contributed by atoms with E-state index in [1.807, 2.05) is 24.3 Å². The molecule has 1 N–H and O–H groups in total. The third-order valence-electron chi connectivity index (χ3n) is 2.81. The highest BCUT2D eigenvalue weighted by atomic mass is 79.9. The number of rotatable bonds is 3. The van der Waals surface area contributed by atoms with E-state index >= 15 is 0 Å². The lowest BCUT2D eigenvalue weighted by molar-refractivity contribution is 0.585. The first-order valence-corrected chi connectivity index (χ1v) is 7.72. The van der Waals surface area contributed by atoms with Crippen LogP contribution in [-0.4, -0.2) is 4.98 Å². The lowest BCUT2D eigenvalue weighted by atomic mass is 10.1. The zero-order valence-corrected chi connectivity index (χ0v) is 14.2. The maximum atomic E-state index is 13.7. The van der Waals surface area contributed by atoms with Crippen molar-refractivity contribution in [2.75, 3.05) is 5.32 Å². The van der Waals surface area contributed by atoms with Gasteiger partial charge in [-0.25, -0.2) is 13.8 Å². The Bertz CT molecular complexity index is 777. The highest BCUT2D eigenvalue weighted by Gasteiger charge is 2.10. The zero-order chi connectivity index (χ0) is 14.8. The minimum Gasteiger partial charge on any atom is -0.332 e. The smallest absolute Gasteiger partial charge is 0.187 e. The molecular weight excluding hydrogens is 394 g/mol. The van der Waals surface area contributed by atoms with Crippen molar-refractivity contribution in [2.45, 2.75) is 0 Å². The summed E-state index contributed by atoms with van der Waals surface area (Å²) in [5.74, 6) is -1.21. The van der Waals surface area contributed by atoms with E-state index in [9.17, 15) is 8.78 Å². The van der Waals surface area contributed by atoms with Gasteiger partial charge in [-0.05, 0) is 36.4 Å². The second-order valence-corrected chi connectivity index (χ2v) is 6.07. The average Bonchev–Trinajstić information content (AvgIpc) is 2.90. The SMILES string of the molecule is Cl.Fc1ccc(-c2csc(Nc3ccc(Br)cc3)n2)c(F)c1. The molecule has 1 heterocycles. The van der Waals surface area contributed by atoms with Crippen LogP contribution in [0.15, 0.2) is 52.3 Å². The van der Waals surface area contributed by atoms with Crippen LogP contribution in [0, 0.1) is 11.6 Å². The lowest BCUT2D eigenvalue weighted by Gasteiger charge is -2.02. The summed E-state index contributed by atoms with van der Waals surface area (Å²) in [6.45, 7) is 0. The van der Waals surface area contributed by atoms with Crippen LogP contribution in [0.1, 0.15) is 0 Å². The van der Waals surface area contributed by atoms with Crippen LogP contribution in [0.3, 0.4) is 0 Å². The largest absolute Gasteiger partial charge is 0.332 e. The van der Waals surface area contributed by atoms with E-state index in [4.69, 9.17) is 0 Å². The molecule has 0 aliphatic rings. The molecule has 0 saturated carbocycles. The van der Waals surface area contributed by atoms with Crippen molar-refractivity contribution in [3.63, 3.8) is 0 Å². The molecule has 0 atom stereocenters. The molecule has 114 valence electrons. The summed E-state index contributed by atoms with van der Waals surface area (Å²) in [5, 5.41) is 5.52. The van der Waals surface area contributed by atoms with Gasteiger partial charge in [0, 0.05) is 27.2 Å². The summed E-state index contributed by atoms with van der Waals surface area (Å²) in [7, 11) is 0. The summed E-state index contributed by atoms with van der Waals surface area (Å²) in [6, 6.07) is 11.1. The number of nitrogens with one attached hydrogen (secondary N) is 1. The molecule has 0 bridgehead atoms. The number of nitrogens with zero attached hydrogens (tertiary/aromatic N) is 1. The number of hydrogen-bond acceptors (Lipinski definition) is 3. The Kier molecular flexibility index (Phi) is 5.50. The molecule has 0 aliphatic heterocycles. The highest BCUT2D eigenvalue weighted by Crippen LogP contribution is 2.29. The van der Waals surface area contributed by atoms with Crippen LogP contribution in [0.25, 0.3) is 11.3 Å². The fraction of sp³-hybridized carbons (Fsp3) is 0. The van der Waals surface area contributed by atoms with Gasteiger partial charge in [0.1, 0.15) is 11.6 Å². The first-order valence-electron chi connectivity index (χ1n) is 6.05. The standard InChI is InChI=1S/C15H9BrF2N2S.ClH/c16-9-1-4-11(5-2-9)19-15-20-14(8-21-15)12-6-3-10(17)7-13(12)18;/h1-8H,(H,19,20);1H. The van der Waals surface area contributed by atoms with Gasteiger partial charge in [-0.1, -0.05) is 15.9 Å². The van der Waals surface area contributed by atoms with Gasteiger partial charge in [0.05, 0.1) is 5.69 Å². The van der Waals surface area contributed by atoms with Crippen LogP contribution < -0.4 is 5.32 Å². The van der Waals surface area contributed by atoms with E-state index in [0.717, 1.165) is 16.2 Å². The van der Waals surface area contributed by atoms with Gasteiger partial charge >= 0.3 is 0 Å². The Morgan fingerprint density at radius 2 is 1.77 bits per heavy atom. The van der Waals surface area contributed by atoms with Crippen molar-refractivity contribution in [3.8, 4) is 11.3 Å². The molecule has 0 fully saturated rings. The van der Waals surface area contributed by atoms with E-state index in [1.54, 1.807) is 5.38 Å². The monoisotopic (exact) mass is 402 g/mol. The van der Waals surface area contributed by atoms with Crippen LogP contribution >= 0.6 is 39.7 Å². The quantitative estimate of drug-likeness (QED) is 0.579.